The highest BCUT2D eigenvalue weighted by Gasteiger charge is 2.64. The fraction of sp³-hybridized carbons (Fsp3) is 0.852. The highest BCUT2D eigenvalue weighted by atomic mass is 16.6. The zero-order valence-corrected chi connectivity index (χ0v) is 19.1. The number of allylic oxidation sites excluding steroid dienone is 1. The van der Waals surface area contributed by atoms with Crippen LogP contribution in [0.5, 0.6) is 0 Å². The van der Waals surface area contributed by atoms with E-state index in [0.717, 1.165) is 48.3 Å². The molecule has 4 aliphatic carbocycles. The molecule has 5 aliphatic rings. The molecule has 5 unspecified atom stereocenters. The number of ether oxygens (including phenoxy) is 1. The zero-order chi connectivity index (χ0) is 20.5. The minimum absolute atomic E-state index is 0.138. The molecule has 1 aliphatic heterocycles. The highest BCUT2D eigenvalue weighted by molar-refractivity contribution is 5.37. The van der Waals surface area contributed by atoms with Crippen LogP contribution in [0.1, 0.15) is 85.5 Å². The molecule has 1 saturated heterocycles. The van der Waals surface area contributed by atoms with Crippen LogP contribution in [-0.4, -0.2) is 17.3 Å². The maximum Gasteiger partial charge on any atom is 0.158 e. The average Bonchev–Trinajstić information content (AvgIpc) is 3.37. The second-order valence-electron chi connectivity index (χ2n) is 11.9. The SMILES string of the molecule is C=C(CCC(C)[C@H]1CCC2C1CCC1C2[C@H]2OC2=C2C[C@@H](O)CC[C@@]21C)C(C)C. The Balaban J connectivity index is 1.32. The molecule has 0 aromatic heterocycles. The molecule has 1 N–H and O–H groups in total. The molecule has 4 fully saturated rings. The van der Waals surface area contributed by atoms with Crippen molar-refractivity contribution < 1.29 is 9.84 Å². The molecule has 0 aromatic rings. The van der Waals surface area contributed by atoms with Gasteiger partial charge in [-0.1, -0.05) is 39.8 Å². The lowest BCUT2D eigenvalue weighted by molar-refractivity contribution is -0.0199. The third kappa shape index (κ3) is 3.15. The number of aliphatic hydroxyl groups is 1. The van der Waals surface area contributed by atoms with E-state index in [4.69, 9.17) is 4.74 Å². The Bertz CT molecular complexity index is 705. The predicted molar refractivity (Wildman–Crippen MR) is 118 cm³/mol. The molecule has 0 radical (unpaired) electrons. The molecule has 2 nitrogen and oxygen atoms in total. The quantitative estimate of drug-likeness (QED) is 0.423. The van der Waals surface area contributed by atoms with E-state index in [2.05, 4.69) is 34.3 Å². The Morgan fingerprint density at radius 1 is 1.14 bits per heavy atom. The van der Waals surface area contributed by atoms with Gasteiger partial charge in [0.15, 0.2) is 6.10 Å². The number of rotatable bonds is 5. The number of epoxide rings is 1. The van der Waals surface area contributed by atoms with Crippen LogP contribution in [0.2, 0.25) is 0 Å². The Labute approximate surface area is 178 Å². The minimum atomic E-state index is -0.138. The van der Waals surface area contributed by atoms with E-state index in [1.54, 1.807) is 0 Å². The first-order chi connectivity index (χ1) is 13.8. The summed E-state index contributed by atoms with van der Waals surface area (Å²) < 4.78 is 6.30. The Kier molecular flexibility index (Phi) is 4.97. The van der Waals surface area contributed by atoms with Crippen molar-refractivity contribution in [2.24, 2.45) is 46.8 Å². The van der Waals surface area contributed by atoms with Gasteiger partial charge in [0.1, 0.15) is 5.76 Å². The first-order valence-electron chi connectivity index (χ1n) is 12.6. The molecule has 3 saturated carbocycles. The second-order valence-corrected chi connectivity index (χ2v) is 11.9. The van der Waals surface area contributed by atoms with Crippen molar-refractivity contribution in [3.8, 4) is 0 Å². The van der Waals surface area contributed by atoms with Crippen LogP contribution in [0.25, 0.3) is 0 Å². The third-order valence-electron chi connectivity index (χ3n) is 10.2. The fourth-order valence-electron chi connectivity index (χ4n) is 8.28. The Morgan fingerprint density at radius 2 is 1.90 bits per heavy atom. The van der Waals surface area contributed by atoms with Gasteiger partial charge in [0.2, 0.25) is 0 Å². The van der Waals surface area contributed by atoms with Gasteiger partial charge in [0, 0.05) is 5.92 Å². The zero-order valence-electron chi connectivity index (χ0n) is 19.1. The molecule has 2 heteroatoms. The van der Waals surface area contributed by atoms with Crippen molar-refractivity contribution in [3.05, 3.63) is 23.5 Å². The van der Waals surface area contributed by atoms with Crippen LogP contribution in [0.4, 0.5) is 0 Å². The summed E-state index contributed by atoms with van der Waals surface area (Å²) in [6, 6.07) is 0. The second kappa shape index (κ2) is 7.14. The molecule has 29 heavy (non-hydrogen) atoms. The fourth-order valence-corrected chi connectivity index (χ4v) is 8.28. The maximum atomic E-state index is 10.3. The van der Waals surface area contributed by atoms with Crippen LogP contribution < -0.4 is 0 Å². The first kappa shape index (κ1) is 20.2. The van der Waals surface area contributed by atoms with Crippen LogP contribution in [0.15, 0.2) is 23.5 Å². The van der Waals surface area contributed by atoms with Crippen LogP contribution in [0.3, 0.4) is 0 Å². The van der Waals surface area contributed by atoms with Crippen LogP contribution >= 0.6 is 0 Å². The van der Waals surface area contributed by atoms with Crippen LogP contribution in [0, 0.1) is 46.8 Å². The molecule has 9 atom stereocenters. The van der Waals surface area contributed by atoms with Gasteiger partial charge in [-0.3, -0.25) is 0 Å². The van der Waals surface area contributed by atoms with E-state index < -0.39 is 0 Å². The van der Waals surface area contributed by atoms with E-state index in [1.807, 2.05) is 0 Å². The first-order valence-corrected chi connectivity index (χ1v) is 12.6. The predicted octanol–water partition coefficient (Wildman–Crippen LogP) is 6.50. The number of fused-ring (bicyclic) bond motifs is 7. The standard InChI is InChI=1S/C27H42O2/c1-15(2)16(3)6-7-17(4)19-8-9-21-20(19)10-11-22-24(21)26-25(29-26)23-14-18(28)12-13-27(22,23)5/h15,17-22,24,26,28H,3,6-14H2,1-2,4-5H3/t17?,18-,19+,20?,21?,22?,24?,26+,27+/m0/s1. The van der Waals surface area contributed by atoms with Gasteiger partial charge < -0.3 is 9.84 Å². The lowest BCUT2D eigenvalue weighted by atomic mass is 9.50. The van der Waals surface area contributed by atoms with Crippen molar-refractivity contribution in [2.75, 3.05) is 0 Å². The normalized spacial score (nSPS) is 46.3. The van der Waals surface area contributed by atoms with E-state index in [0.29, 0.717) is 17.4 Å². The topological polar surface area (TPSA) is 32.8 Å². The van der Waals surface area contributed by atoms with Gasteiger partial charge in [-0.25, -0.2) is 0 Å². The van der Waals surface area contributed by atoms with Crippen molar-refractivity contribution in [3.63, 3.8) is 0 Å². The third-order valence-corrected chi connectivity index (χ3v) is 10.2. The highest BCUT2D eigenvalue weighted by Crippen LogP contribution is 2.68. The van der Waals surface area contributed by atoms with Gasteiger partial charge in [0.25, 0.3) is 0 Å². The molecule has 5 rings (SSSR count). The van der Waals surface area contributed by atoms with E-state index in [9.17, 15) is 5.11 Å². The molecule has 0 spiro atoms. The summed E-state index contributed by atoms with van der Waals surface area (Å²) >= 11 is 0. The van der Waals surface area contributed by atoms with E-state index in [1.165, 1.54) is 61.9 Å². The smallest absolute Gasteiger partial charge is 0.158 e. The summed E-state index contributed by atoms with van der Waals surface area (Å²) in [4.78, 5) is 0. The monoisotopic (exact) mass is 398 g/mol. The van der Waals surface area contributed by atoms with E-state index >= 15 is 0 Å². The van der Waals surface area contributed by atoms with Crippen LogP contribution in [-0.2, 0) is 4.74 Å². The van der Waals surface area contributed by atoms with Gasteiger partial charge in [-0.15, -0.1) is 0 Å². The molecule has 0 amide bonds. The molecule has 1 heterocycles. The van der Waals surface area contributed by atoms with Gasteiger partial charge in [0.05, 0.1) is 6.10 Å². The summed E-state index contributed by atoms with van der Waals surface area (Å²) in [6.45, 7) is 13.9. The maximum absolute atomic E-state index is 10.3. The summed E-state index contributed by atoms with van der Waals surface area (Å²) in [5, 5.41) is 10.3. The Morgan fingerprint density at radius 3 is 2.66 bits per heavy atom. The molecular formula is C27H42O2. The van der Waals surface area contributed by atoms with Crippen molar-refractivity contribution in [2.45, 2.75) is 97.7 Å². The Hall–Kier alpha value is -0.760. The van der Waals surface area contributed by atoms with Crippen molar-refractivity contribution >= 4 is 0 Å². The van der Waals surface area contributed by atoms with Gasteiger partial charge in [-0.2, -0.15) is 0 Å². The average molecular weight is 399 g/mol. The number of hydrogen-bond acceptors (Lipinski definition) is 2. The van der Waals surface area contributed by atoms with Gasteiger partial charge in [-0.05, 0) is 104 Å². The largest absolute Gasteiger partial charge is 0.483 e. The summed E-state index contributed by atoms with van der Waals surface area (Å²) in [5.41, 5.74) is 3.25. The lowest BCUT2D eigenvalue weighted by Gasteiger charge is -2.53. The van der Waals surface area contributed by atoms with Gasteiger partial charge >= 0.3 is 0 Å². The summed E-state index contributed by atoms with van der Waals surface area (Å²) in [7, 11) is 0. The molecule has 162 valence electrons. The molecule has 0 bridgehead atoms. The number of hydrogen-bond donors (Lipinski definition) is 1. The summed E-state index contributed by atoms with van der Waals surface area (Å²) in [5.74, 6) is 7.02. The molecular weight excluding hydrogens is 356 g/mol. The van der Waals surface area contributed by atoms with Crippen molar-refractivity contribution in [1.82, 2.24) is 0 Å². The summed E-state index contributed by atoms with van der Waals surface area (Å²) in [6.07, 6.45) is 11.5. The number of aliphatic hydroxyl groups excluding tert-OH is 1. The van der Waals surface area contributed by atoms with Crippen molar-refractivity contribution in [1.29, 1.82) is 0 Å². The van der Waals surface area contributed by atoms with E-state index in [-0.39, 0.29) is 6.10 Å². The lowest BCUT2D eigenvalue weighted by Crippen LogP contribution is -2.49. The minimum Gasteiger partial charge on any atom is -0.483 e. The molecule has 0 aromatic carbocycles.